The molecule has 2 aromatic rings. The number of rotatable bonds is 6. The van der Waals surface area contributed by atoms with Crippen molar-refractivity contribution in [3.63, 3.8) is 0 Å². The van der Waals surface area contributed by atoms with Crippen LogP contribution in [0.25, 0.3) is 0 Å². The molecular weight excluding hydrogens is 328 g/mol. The molecule has 0 saturated carbocycles. The molecule has 0 atom stereocenters. The molecule has 0 unspecified atom stereocenters. The fraction of sp³-hybridized carbons (Fsp3) is 0.222. The first-order valence-electron chi connectivity index (χ1n) is 7.44. The van der Waals surface area contributed by atoms with Crippen molar-refractivity contribution in [3.8, 4) is 11.5 Å². The number of benzene rings is 2. The molecule has 6 heteroatoms. The van der Waals surface area contributed by atoms with E-state index >= 15 is 0 Å². The fourth-order valence-electron chi connectivity index (χ4n) is 2.15. The highest BCUT2D eigenvalue weighted by Gasteiger charge is 2.11. The van der Waals surface area contributed by atoms with Crippen LogP contribution in [-0.4, -0.2) is 25.8 Å². The minimum atomic E-state index is -0.323. The Morgan fingerprint density at radius 2 is 1.67 bits per heavy atom. The van der Waals surface area contributed by atoms with Gasteiger partial charge in [0.15, 0.2) is 11.5 Å². The topological polar surface area (TPSA) is 59.9 Å². The van der Waals surface area contributed by atoms with Crippen LogP contribution in [0.4, 0.5) is 0 Å². The van der Waals surface area contributed by atoms with Gasteiger partial charge in [-0.2, -0.15) is 5.10 Å². The lowest BCUT2D eigenvalue weighted by atomic mass is 10.1. The van der Waals surface area contributed by atoms with E-state index in [-0.39, 0.29) is 5.91 Å². The van der Waals surface area contributed by atoms with Crippen molar-refractivity contribution >= 4 is 23.2 Å². The molecule has 126 valence electrons. The highest BCUT2D eigenvalue weighted by molar-refractivity contribution is 6.30. The van der Waals surface area contributed by atoms with Gasteiger partial charge in [-0.15, -0.1) is 0 Å². The molecule has 0 heterocycles. The van der Waals surface area contributed by atoms with Gasteiger partial charge in [0, 0.05) is 10.6 Å². The maximum Gasteiger partial charge on any atom is 0.271 e. The van der Waals surface area contributed by atoms with Crippen LogP contribution < -0.4 is 14.9 Å². The van der Waals surface area contributed by atoms with Gasteiger partial charge >= 0.3 is 0 Å². The predicted octanol–water partition coefficient (Wildman–Crippen LogP) is 3.90. The smallest absolute Gasteiger partial charge is 0.271 e. The summed E-state index contributed by atoms with van der Waals surface area (Å²) in [5.74, 6) is 0.728. The Morgan fingerprint density at radius 3 is 2.25 bits per heavy atom. The van der Waals surface area contributed by atoms with Crippen LogP contribution in [0, 0.1) is 0 Å². The number of hydrogen-bond donors (Lipinski definition) is 1. The van der Waals surface area contributed by atoms with E-state index in [1.54, 1.807) is 37.4 Å². The zero-order chi connectivity index (χ0) is 17.5. The van der Waals surface area contributed by atoms with Crippen LogP contribution in [0.3, 0.4) is 0 Å². The molecule has 1 amide bonds. The minimum absolute atomic E-state index is 0.323. The average molecular weight is 347 g/mol. The zero-order valence-electron chi connectivity index (χ0n) is 13.8. The first-order chi connectivity index (χ1) is 11.6. The lowest BCUT2D eigenvalue weighted by molar-refractivity contribution is 0.0954. The fourth-order valence-corrected chi connectivity index (χ4v) is 2.28. The second-order valence-corrected chi connectivity index (χ2v) is 5.37. The number of halogens is 1. The Balaban J connectivity index is 2.17. The van der Waals surface area contributed by atoms with Crippen LogP contribution in [0.15, 0.2) is 47.6 Å². The summed E-state index contributed by atoms with van der Waals surface area (Å²) in [6.07, 6.45) is 0.674. The largest absolute Gasteiger partial charge is 0.493 e. The van der Waals surface area contributed by atoms with Crippen molar-refractivity contribution in [2.75, 3.05) is 14.2 Å². The number of nitrogens with zero attached hydrogens (tertiary/aromatic N) is 1. The highest BCUT2D eigenvalue weighted by atomic mass is 35.5. The van der Waals surface area contributed by atoms with Crippen molar-refractivity contribution in [3.05, 3.63) is 58.6 Å². The van der Waals surface area contributed by atoms with E-state index < -0.39 is 0 Å². The third-order valence-corrected chi connectivity index (χ3v) is 3.70. The van der Waals surface area contributed by atoms with Gasteiger partial charge in [0.25, 0.3) is 5.91 Å². The van der Waals surface area contributed by atoms with Gasteiger partial charge in [0.05, 0.1) is 19.9 Å². The number of amides is 1. The SMILES string of the molecule is CC/C(=N/NC(=O)c1ccc(OC)c(OC)c1)c1ccc(Cl)cc1. The molecule has 0 radical (unpaired) electrons. The molecule has 2 rings (SSSR count). The second kappa shape index (κ2) is 8.36. The van der Waals surface area contributed by atoms with Gasteiger partial charge < -0.3 is 9.47 Å². The van der Waals surface area contributed by atoms with Crippen LogP contribution in [-0.2, 0) is 0 Å². The summed E-state index contributed by atoms with van der Waals surface area (Å²) in [4.78, 5) is 12.3. The number of methoxy groups -OCH3 is 2. The summed E-state index contributed by atoms with van der Waals surface area (Å²) < 4.78 is 10.4. The molecule has 0 fully saturated rings. The molecule has 5 nitrogen and oxygen atoms in total. The van der Waals surface area contributed by atoms with Crippen molar-refractivity contribution in [1.29, 1.82) is 0 Å². The molecule has 0 aromatic heterocycles. The second-order valence-electron chi connectivity index (χ2n) is 4.93. The van der Waals surface area contributed by atoms with Crippen molar-refractivity contribution in [2.24, 2.45) is 5.10 Å². The number of hydrogen-bond acceptors (Lipinski definition) is 4. The molecule has 1 N–H and O–H groups in total. The molecule has 0 saturated heterocycles. The third-order valence-electron chi connectivity index (χ3n) is 3.45. The third kappa shape index (κ3) is 4.26. The van der Waals surface area contributed by atoms with Crippen LogP contribution in [0.5, 0.6) is 11.5 Å². The number of carbonyl (C=O) groups is 1. The molecular formula is C18H19ClN2O3. The molecule has 0 aliphatic carbocycles. The number of hydrazone groups is 1. The first kappa shape index (κ1) is 17.8. The monoisotopic (exact) mass is 346 g/mol. The van der Waals surface area contributed by atoms with Gasteiger partial charge in [-0.3, -0.25) is 4.79 Å². The standard InChI is InChI=1S/C18H19ClN2O3/c1-4-15(12-5-8-14(19)9-6-12)20-21-18(22)13-7-10-16(23-2)17(11-13)24-3/h5-11H,4H2,1-3H3,(H,21,22)/b20-15-. The minimum Gasteiger partial charge on any atom is -0.493 e. The Bertz CT molecular complexity index is 742. The van der Waals surface area contributed by atoms with Crippen molar-refractivity contribution in [2.45, 2.75) is 13.3 Å². The molecule has 0 aliphatic heterocycles. The summed E-state index contributed by atoms with van der Waals surface area (Å²) in [6, 6.07) is 12.3. The molecule has 24 heavy (non-hydrogen) atoms. The van der Waals surface area contributed by atoms with Gasteiger partial charge in [-0.25, -0.2) is 5.43 Å². The summed E-state index contributed by atoms with van der Waals surface area (Å²) in [5, 5.41) is 4.87. The van der Waals surface area contributed by atoms with Crippen LogP contribution >= 0.6 is 11.6 Å². The normalized spacial score (nSPS) is 11.1. The maximum absolute atomic E-state index is 12.3. The Morgan fingerprint density at radius 1 is 1.04 bits per heavy atom. The summed E-state index contributed by atoms with van der Waals surface area (Å²) >= 11 is 5.89. The van der Waals surface area contributed by atoms with Gasteiger partial charge in [-0.05, 0) is 42.3 Å². The van der Waals surface area contributed by atoms with Crippen molar-refractivity contribution < 1.29 is 14.3 Å². The van der Waals surface area contributed by atoms with E-state index in [2.05, 4.69) is 10.5 Å². The Labute approximate surface area is 146 Å². The average Bonchev–Trinajstić information content (AvgIpc) is 2.62. The Kier molecular flexibility index (Phi) is 6.21. The predicted molar refractivity (Wildman–Crippen MR) is 95.3 cm³/mol. The number of carbonyl (C=O) groups excluding carboxylic acids is 1. The van der Waals surface area contributed by atoms with Gasteiger partial charge in [0.1, 0.15) is 0 Å². The van der Waals surface area contributed by atoms with E-state index in [1.807, 2.05) is 19.1 Å². The molecule has 0 bridgehead atoms. The molecule has 0 aliphatic rings. The maximum atomic E-state index is 12.3. The zero-order valence-corrected chi connectivity index (χ0v) is 14.6. The highest BCUT2D eigenvalue weighted by Crippen LogP contribution is 2.27. The van der Waals surface area contributed by atoms with E-state index in [9.17, 15) is 4.79 Å². The van der Waals surface area contributed by atoms with E-state index in [4.69, 9.17) is 21.1 Å². The van der Waals surface area contributed by atoms with Crippen LogP contribution in [0.2, 0.25) is 5.02 Å². The van der Waals surface area contributed by atoms with E-state index in [0.29, 0.717) is 28.5 Å². The summed E-state index contributed by atoms with van der Waals surface area (Å²) in [5.41, 5.74) is 4.68. The van der Waals surface area contributed by atoms with E-state index in [0.717, 1.165) is 11.3 Å². The summed E-state index contributed by atoms with van der Waals surface area (Å²) in [6.45, 7) is 1.97. The van der Waals surface area contributed by atoms with Gasteiger partial charge in [0.2, 0.25) is 0 Å². The van der Waals surface area contributed by atoms with Gasteiger partial charge in [-0.1, -0.05) is 30.7 Å². The lowest BCUT2D eigenvalue weighted by Crippen LogP contribution is -2.20. The quantitative estimate of drug-likeness (QED) is 0.637. The Hall–Kier alpha value is -2.53. The number of nitrogens with one attached hydrogen (secondary N) is 1. The number of ether oxygens (including phenoxy) is 2. The summed E-state index contributed by atoms with van der Waals surface area (Å²) in [7, 11) is 3.06. The lowest BCUT2D eigenvalue weighted by Gasteiger charge is -2.09. The first-order valence-corrected chi connectivity index (χ1v) is 7.81. The van der Waals surface area contributed by atoms with Crippen LogP contribution in [0.1, 0.15) is 29.3 Å². The van der Waals surface area contributed by atoms with Crippen molar-refractivity contribution in [1.82, 2.24) is 5.43 Å². The molecule has 0 spiro atoms. The van der Waals surface area contributed by atoms with E-state index in [1.165, 1.54) is 7.11 Å². The molecule has 2 aromatic carbocycles.